The molecule has 0 fully saturated rings. The van der Waals surface area contributed by atoms with Gasteiger partial charge in [-0.05, 0) is 46.1 Å². The zero-order valence-corrected chi connectivity index (χ0v) is 18.8. The Morgan fingerprint density at radius 3 is 1.90 bits per heavy atom. The van der Waals surface area contributed by atoms with E-state index in [0.717, 1.165) is 16.7 Å². The van der Waals surface area contributed by atoms with Crippen LogP contribution in [0, 0.1) is 31.8 Å². The number of nitro groups is 1. The summed E-state index contributed by atoms with van der Waals surface area (Å²) in [7, 11) is 0. The molecule has 0 aliphatic heterocycles. The van der Waals surface area contributed by atoms with E-state index in [-0.39, 0.29) is 26.9 Å². The van der Waals surface area contributed by atoms with Crippen LogP contribution in [0.2, 0.25) is 0 Å². The molecule has 0 heterocycles. The van der Waals surface area contributed by atoms with Gasteiger partial charge in [-0.3, -0.25) is 10.1 Å². The van der Waals surface area contributed by atoms with Crippen molar-refractivity contribution in [3.63, 3.8) is 0 Å². The highest BCUT2D eigenvalue weighted by Gasteiger charge is 2.60. The normalized spacial score (nSPS) is 30.7. The summed E-state index contributed by atoms with van der Waals surface area (Å²) in [6.07, 6.45) is 15.2. The maximum absolute atomic E-state index is 12.3. The lowest BCUT2D eigenvalue weighted by molar-refractivity contribution is -0.424. The van der Waals surface area contributed by atoms with Crippen LogP contribution < -0.4 is 0 Å². The fourth-order valence-electron chi connectivity index (χ4n) is 5.32. The van der Waals surface area contributed by atoms with E-state index in [1.807, 2.05) is 6.08 Å². The van der Waals surface area contributed by atoms with Gasteiger partial charge in [0.05, 0.1) is 4.92 Å². The summed E-state index contributed by atoms with van der Waals surface area (Å²) in [6, 6.07) is 0. The molecule has 3 heteroatoms. The van der Waals surface area contributed by atoms with Gasteiger partial charge in [-0.1, -0.05) is 84.9 Å². The van der Waals surface area contributed by atoms with Crippen molar-refractivity contribution in [2.45, 2.75) is 55.4 Å². The standard InChI is InChI=1S/C26H31NO2/c1-23(2,3)19-13-16-9-10-18-15-21(24(4,5)6)22(27(28)29)20-12-11-17(14-19)25(16,7)26(18,20)8/h9-15H,1-8H3/t25-,26+/m0/s1. The summed E-state index contributed by atoms with van der Waals surface area (Å²) in [6.45, 7) is 17.3. The lowest BCUT2D eigenvalue weighted by Gasteiger charge is -2.56. The average molecular weight is 390 g/mol. The van der Waals surface area contributed by atoms with Crippen LogP contribution in [-0.4, -0.2) is 4.92 Å². The minimum atomic E-state index is -0.464. The fraction of sp³-hybridized carbons (Fsp3) is 0.462. The molecule has 0 saturated heterocycles. The Labute approximate surface area is 174 Å². The molecule has 29 heavy (non-hydrogen) atoms. The second-order valence-corrected chi connectivity index (χ2v) is 11.1. The Balaban J connectivity index is 2.09. The molecule has 4 aliphatic carbocycles. The van der Waals surface area contributed by atoms with Gasteiger partial charge in [0.25, 0.3) is 5.70 Å². The SMILES string of the molecule is CC(C)(C)C1=CC2=CC=C3C([N+](=O)[O-])=C(C(C)(C)C)C=C4C=CC(=C1)[C@]2(C)[C@]43C. The monoisotopic (exact) mass is 389 g/mol. The van der Waals surface area contributed by atoms with Gasteiger partial charge >= 0.3 is 0 Å². The molecule has 0 aromatic heterocycles. The third-order valence-corrected chi connectivity index (χ3v) is 7.43. The van der Waals surface area contributed by atoms with Crippen molar-refractivity contribution in [2.24, 2.45) is 21.7 Å². The molecule has 0 unspecified atom stereocenters. The Morgan fingerprint density at radius 1 is 0.793 bits per heavy atom. The van der Waals surface area contributed by atoms with E-state index in [0.29, 0.717) is 0 Å². The van der Waals surface area contributed by atoms with Gasteiger partial charge in [0.1, 0.15) is 0 Å². The van der Waals surface area contributed by atoms with Crippen LogP contribution >= 0.6 is 0 Å². The first-order valence-corrected chi connectivity index (χ1v) is 10.4. The molecule has 0 spiro atoms. The minimum absolute atomic E-state index is 0.0435. The summed E-state index contributed by atoms with van der Waals surface area (Å²) in [5, 5.41) is 12.3. The molecule has 0 saturated carbocycles. The summed E-state index contributed by atoms with van der Waals surface area (Å²) in [5.41, 5.74) is 5.81. The second kappa shape index (κ2) is 5.59. The fourth-order valence-corrected chi connectivity index (χ4v) is 5.32. The molecule has 0 amide bonds. The minimum Gasteiger partial charge on any atom is -0.258 e. The molecule has 0 N–H and O–H groups in total. The molecule has 4 rings (SSSR count). The van der Waals surface area contributed by atoms with E-state index >= 15 is 0 Å². The molecule has 0 bridgehead atoms. The maximum atomic E-state index is 12.3. The van der Waals surface area contributed by atoms with E-state index in [2.05, 4.69) is 91.8 Å². The van der Waals surface area contributed by atoms with Gasteiger partial charge < -0.3 is 0 Å². The summed E-state index contributed by atoms with van der Waals surface area (Å²) < 4.78 is 0. The largest absolute Gasteiger partial charge is 0.277 e. The third kappa shape index (κ3) is 2.43. The van der Waals surface area contributed by atoms with Gasteiger partial charge in [0.2, 0.25) is 0 Å². The van der Waals surface area contributed by atoms with Gasteiger partial charge in [-0.2, -0.15) is 0 Å². The number of hydrogen-bond acceptors (Lipinski definition) is 2. The van der Waals surface area contributed by atoms with Crippen LogP contribution in [0.4, 0.5) is 0 Å². The van der Waals surface area contributed by atoms with Crippen LogP contribution in [0.25, 0.3) is 0 Å². The van der Waals surface area contributed by atoms with E-state index in [9.17, 15) is 10.1 Å². The number of hydrogen-bond donors (Lipinski definition) is 0. The Kier molecular flexibility index (Phi) is 3.83. The smallest absolute Gasteiger partial charge is 0.258 e. The Morgan fingerprint density at radius 2 is 1.38 bits per heavy atom. The van der Waals surface area contributed by atoms with Crippen LogP contribution in [0.15, 0.2) is 81.7 Å². The van der Waals surface area contributed by atoms with Crippen LogP contribution in [-0.2, 0) is 0 Å². The zero-order chi connectivity index (χ0) is 21.6. The average Bonchev–Trinajstić information content (AvgIpc) is 2.57. The topological polar surface area (TPSA) is 43.1 Å². The van der Waals surface area contributed by atoms with Crippen LogP contribution in [0.1, 0.15) is 55.4 Å². The molecule has 4 aliphatic rings. The highest BCUT2D eigenvalue weighted by Crippen LogP contribution is 2.67. The molecular weight excluding hydrogens is 358 g/mol. The van der Waals surface area contributed by atoms with Crippen LogP contribution in [0.3, 0.4) is 0 Å². The quantitative estimate of drug-likeness (QED) is 0.363. The first-order valence-electron chi connectivity index (χ1n) is 10.4. The van der Waals surface area contributed by atoms with Crippen molar-refractivity contribution >= 4 is 0 Å². The molecule has 0 aromatic carbocycles. The van der Waals surface area contributed by atoms with Crippen molar-refractivity contribution < 1.29 is 4.92 Å². The van der Waals surface area contributed by atoms with Gasteiger partial charge in [-0.15, -0.1) is 0 Å². The Hall–Kier alpha value is -2.42. The second-order valence-electron chi connectivity index (χ2n) is 11.1. The molecule has 152 valence electrons. The predicted molar refractivity (Wildman–Crippen MR) is 119 cm³/mol. The lowest BCUT2D eigenvalue weighted by Crippen LogP contribution is -2.49. The van der Waals surface area contributed by atoms with E-state index in [1.54, 1.807) is 0 Å². The van der Waals surface area contributed by atoms with Crippen molar-refractivity contribution in [1.82, 2.24) is 0 Å². The first-order chi connectivity index (χ1) is 13.2. The molecular formula is C26H31NO2. The van der Waals surface area contributed by atoms with E-state index in [1.165, 1.54) is 16.7 Å². The van der Waals surface area contributed by atoms with Crippen molar-refractivity contribution in [2.75, 3.05) is 0 Å². The highest BCUT2D eigenvalue weighted by molar-refractivity contribution is 5.70. The van der Waals surface area contributed by atoms with Crippen molar-refractivity contribution in [3.8, 4) is 0 Å². The van der Waals surface area contributed by atoms with E-state index in [4.69, 9.17) is 0 Å². The summed E-state index contributed by atoms with van der Waals surface area (Å²) >= 11 is 0. The number of rotatable bonds is 1. The lowest BCUT2D eigenvalue weighted by atomic mass is 9.45. The molecule has 0 radical (unpaired) electrons. The van der Waals surface area contributed by atoms with Gasteiger partial charge in [0, 0.05) is 22.0 Å². The third-order valence-electron chi connectivity index (χ3n) is 7.43. The van der Waals surface area contributed by atoms with E-state index < -0.39 is 5.41 Å². The molecule has 0 aromatic rings. The van der Waals surface area contributed by atoms with Crippen molar-refractivity contribution in [1.29, 1.82) is 0 Å². The van der Waals surface area contributed by atoms with Gasteiger partial charge in [0.15, 0.2) is 0 Å². The van der Waals surface area contributed by atoms with Gasteiger partial charge in [-0.25, -0.2) is 0 Å². The molecule has 3 nitrogen and oxygen atoms in total. The number of allylic oxidation sites excluding steroid dienone is 13. The van der Waals surface area contributed by atoms with Crippen molar-refractivity contribution in [3.05, 3.63) is 91.8 Å². The number of nitrogens with zero attached hydrogens (tertiary/aromatic N) is 1. The summed E-state index contributed by atoms with van der Waals surface area (Å²) in [4.78, 5) is 12.1. The highest BCUT2D eigenvalue weighted by atomic mass is 16.6. The summed E-state index contributed by atoms with van der Waals surface area (Å²) in [5.74, 6) is 0. The first kappa shape index (κ1) is 19.9. The Bertz CT molecular complexity index is 1060. The maximum Gasteiger partial charge on any atom is 0.277 e. The molecule has 2 atom stereocenters. The zero-order valence-electron chi connectivity index (χ0n) is 18.8. The predicted octanol–water partition coefficient (Wildman–Crippen LogP) is 6.86. The van der Waals surface area contributed by atoms with Crippen LogP contribution in [0.5, 0.6) is 0 Å².